The van der Waals surface area contributed by atoms with Gasteiger partial charge >= 0.3 is 0 Å². The number of hydrogen-bond donors (Lipinski definition) is 3. The number of thiocarbonyl (C=S) groups is 1. The molecule has 1 saturated carbocycles. The number of para-hydroxylation sites is 1. The molecule has 21 heavy (non-hydrogen) atoms. The van der Waals surface area contributed by atoms with Crippen LogP contribution >= 0.6 is 12.2 Å². The topological polar surface area (TPSA) is 78.6 Å². The van der Waals surface area contributed by atoms with E-state index in [9.17, 15) is 9.90 Å². The number of carbonyl (C=O) groups is 1. The van der Waals surface area contributed by atoms with E-state index in [0.29, 0.717) is 23.7 Å². The second-order valence-electron chi connectivity index (χ2n) is 5.65. The Balaban J connectivity index is 1.85. The number of nitrogens with zero attached hydrogens (tertiary/aromatic N) is 1. The van der Waals surface area contributed by atoms with Gasteiger partial charge in [-0.3, -0.25) is 9.69 Å². The molecule has 1 fully saturated rings. The highest BCUT2D eigenvalue weighted by Gasteiger charge is 2.28. The second-order valence-corrected chi connectivity index (χ2v) is 6.09. The highest BCUT2D eigenvalue weighted by molar-refractivity contribution is 7.80. The Morgan fingerprint density at radius 1 is 1.48 bits per heavy atom. The molecule has 0 saturated heterocycles. The molecule has 114 valence electrons. The Kier molecular flexibility index (Phi) is 5.27. The van der Waals surface area contributed by atoms with Crippen molar-refractivity contribution in [2.24, 2.45) is 11.7 Å². The van der Waals surface area contributed by atoms with Gasteiger partial charge < -0.3 is 16.2 Å². The first kappa shape index (κ1) is 15.9. The molecule has 0 heterocycles. The minimum absolute atomic E-state index is 0.0962. The van der Waals surface area contributed by atoms with Gasteiger partial charge in [0.05, 0.1) is 18.3 Å². The average Bonchev–Trinajstić information content (AvgIpc) is 2.37. The van der Waals surface area contributed by atoms with E-state index in [0.717, 1.165) is 19.4 Å². The fraction of sp³-hybridized carbons (Fsp3) is 0.467. The maximum atomic E-state index is 12.1. The van der Waals surface area contributed by atoms with Crippen LogP contribution in [-0.2, 0) is 4.79 Å². The number of anilines is 1. The van der Waals surface area contributed by atoms with Gasteiger partial charge in [-0.15, -0.1) is 0 Å². The molecule has 5 nitrogen and oxygen atoms in total. The Morgan fingerprint density at radius 2 is 2.14 bits per heavy atom. The van der Waals surface area contributed by atoms with Gasteiger partial charge in [0, 0.05) is 12.1 Å². The number of carbonyl (C=O) groups excluding carboxylic acids is 1. The maximum Gasteiger partial charge on any atom is 0.238 e. The van der Waals surface area contributed by atoms with E-state index in [-0.39, 0.29) is 17.0 Å². The summed E-state index contributed by atoms with van der Waals surface area (Å²) in [5.74, 6) is 0.391. The fourth-order valence-electron chi connectivity index (χ4n) is 2.60. The molecular formula is C15H21N3O2S. The van der Waals surface area contributed by atoms with E-state index >= 15 is 0 Å². The Hall–Kier alpha value is -1.50. The summed E-state index contributed by atoms with van der Waals surface area (Å²) in [5, 5.41) is 12.1. The molecule has 1 aliphatic rings. The lowest BCUT2D eigenvalue weighted by molar-refractivity contribution is -0.117. The van der Waals surface area contributed by atoms with Crippen LogP contribution in [0.3, 0.4) is 0 Å². The third-order valence-electron chi connectivity index (χ3n) is 3.66. The number of nitrogens with two attached hydrogens (primary N) is 1. The van der Waals surface area contributed by atoms with Gasteiger partial charge in [-0.2, -0.15) is 0 Å². The predicted octanol–water partition coefficient (Wildman–Crippen LogP) is 0.962. The first-order valence-electron chi connectivity index (χ1n) is 7.01. The van der Waals surface area contributed by atoms with Crippen molar-refractivity contribution in [1.82, 2.24) is 4.90 Å². The van der Waals surface area contributed by atoms with Gasteiger partial charge in [0.2, 0.25) is 5.91 Å². The van der Waals surface area contributed by atoms with E-state index in [1.165, 1.54) is 0 Å². The van der Waals surface area contributed by atoms with Crippen molar-refractivity contribution in [3.8, 4) is 0 Å². The number of likely N-dealkylation sites (N-methyl/N-ethyl adjacent to an activating group) is 1. The first-order chi connectivity index (χ1) is 9.95. The van der Waals surface area contributed by atoms with Gasteiger partial charge in [0.15, 0.2) is 0 Å². The van der Waals surface area contributed by atoms with E-state index in [4.69, 9.17) is 18.0 Å². The number of benzene rings is 1. The van der Waals surface area contributed by atoms with E-state index in [2.05, 4.69) is 5.32 Å². The monoisotopic (exact) mass is 307 g/mol. The molecule has 1 aromatic carbocycles. The molecule has 1 aromatic rings. The van der Waals surface area contributed by atoms with Crippen LogP contribution in [-0.4, -0.2) is 47.1 Å². The van der Waals surface area contributed by atoms with E-state index in [1.54, 1.807) is 12.1 Å². The lowest BCUT2D eigenvalue weighted by atomic mass is 9.82. The molecule has 0 spiro atoms. The molecule has 0 aliphatic heterocycles. The minimum Gasteiger partial charge on any atom is -0.393 e. The number of hydrogen-bond acceptors (Lipinski definition) is 4. The van der Waals surface area contributed by atoms with Gasteiger partial charge in [-0.05, 0) is 37.9 Å². The molecule has 0 atom stereocenters. The summed E-state index contributed by atoms with van der Waals surface area (Å²) in [6.45, 7) is 1.12. The number of aliphatic hydroxyl groups excluding tert-OH is 1. The summed E-state index contributed by atoms with van der Waals surface area (Å²) in [6.07, 6.45) is 1.50. The van der Waals surface area contributed by atoms with Crippen molar-refractivity contribution in [2.45, 2.75) is 18.9 Å². The van der Waals surface area contributed by atoms with Gasteiger partial charge in [0.25, 0.3) is 0 Å². The first-order valence-corrected chi connectivity index (χ1v) is 7.42. The third kappa shape index (κ3) is 4.49. The lowest BCUT2D eigenvalue weighted by Crippen LogP contribution is -2.40. The molecule has 2 rings (SSSR count). The Bertz CT molecular complexity index is 529. The van der Waals surface area contributed by atoms with Crippen molar-refractivity contribution in [1.29, 1.82) is 0 Å². The Morgan fingerprint density at radius 3 is 2.76 bits per heavy atom. The van der Waals surface area contributed by atoms with Crippen LogP contribution in [0.4, 0.5) is 5.69 Å². The van der Waals surface area contributed by atoms with Crippen molar-refractivity contribution >= 4 is 28.8 Å². The van der Waals surface area contributed by atoms with Gasteiger partial charge in [0.1, 0.15) is 4.99 Å². The zero-order valence-corrected chi connectivity index (χ0v) is 12.9. The van der Waals surface area contributed by atoms with Crippen molar-refractivity contribution in [3.05, 3.63) is 29.8 Å². The van der Waals surface area contributed by atoms with Crippen LogP contribution in [0.2, 0.25) is 0 Å². The van der Waals surface area contributed by atoms with Crippen LogP contribution < -0.4 is 11.1 Å². The number of rotatable bonds is 6. The SMILES string of the molecule is CN(CC(=O)Nc1ccccc1C(N)=S)CC1CC(O)C1. The fourth-order valence-corrected chi connectivity index (χ4v) is 2.77. The highest BCUT2D eigenvalue weighted by atomic mass is 32.1. The van der Waals surface area contributed by atoms with Crippen LogP contribution in [0.15, 0.2) is 24.3 Å². The summed E-state index contributed by atoms with van der Waals surface area (Å²) in [4.78, 5) is 14.3. The smallest absolute Gasteiger partial charge is 0.238 e. The normalized spacial score (nSPS) is 20.9. The third-order valence-corrected chi connectivity index (χ3v) is 3.88. The van der Waals surface area contributed by atoms with Gasteiger partial charge in [-0.25, -0.2) is 0 Å². The standard InChI is InChI=1S/C15H21N3O2S/c1-18(8-10-6-11(19)7-10)9-14(20)17-13-5-3-2-4-12(13)15(16)21/h2-5,10-11,19H,6-9H2,1H3,(H2,16,21)(H,17,20). The van der Waals surface area contributed by atoms with Crippen LogP contribution in [0.5, 0.6) is 0 Å². The summed E-state index contributed by atoms with van der Waals surface area (Å²) >= 11 is 4.97. The molecule has 6 heteroatoms. The summed E-state index contributed by atoms with van der Waals surface area (Å²) in [5.41, 5.74) is 6.96. The van der Waals surface area contributed by atoms with Crippen molar-refractivity contribution in [3.63, 3.8) is 0 Å². The molecule has 4 N–H and O–H groups in total. The van der Waals surface area contributed by atoms with Crippen LogP contribution in [0, 0.1) is 5.92 Å². The predicted molar refractivity (Wildman–Crippen MR) is 87.2 cm³/mol. The highest BCUT2D eigenvalue weighted by Crippen LogP contribution is 2.27. The minimum atomic E-state index is -0.158. The Labute approximate surface area is 130 Å². The summed E-state index contributed by atoms with van der Waals surface area (Å²) in [7, 11) is 1.91. The zero-order chi connectivity index (χ0) is 15.4. The molecular weight excluding hydrogens is 286 g/mol. The quantitative estimate of drug-likeness (QED) is 0.682. The molecule has 0 bridgehead atoms. The number of nitrogens with one attached hydrogen (secondary N) is 1. The van der Waals surface area contributed by atoms with Crippen LogP contribution in [0.25, 0.3) is 0 Å². The van der Waals surface area contributed by atoms with Crippen molar-refractivity contribution < 1.29 is 9.90 Å². The zero-order valence-electron chi connectivity index (χ0n) is 12.1. The summed E-state index contributed by atoms with van der Waals surface area (Å²) in [6, 6.07) is 7.24. The molecule has 1 amide bonds. The molecule has 0 unspecified atom stereocenters. The molecule has 0 radical (unpaired) electrons. The van der Waals surface area contributed by atoms with E-state index < -0.39 is 0 Å². The number of aliphatic hydroxyl groups is 1. The second kappa shape index (κ2) is 6.98. The van der Waals surface area contributed by atoms with E-state index in [1.807, 2.05) is 24.1 Å². The summed E-state index contributed by atoms with van der Waals surface area (Å²) < 4.78 is 0. The average molecular weight is 307 g/mol. The van der Waals surface area contributed by atoms with Gasteiger partial charge in [-0.1, -0.05) is 24.4 Å². The largest absolute Gasteiger partial charge is 0.393 e. The lowest BCUT2D eigenvalue weighted by Gasteiger charge is -2.34. The maximum absolute atomic E-state index is 12.1. The number of amides is 1. The van der Waals surface area contributed by atoms with Crippen LogP contribution in [0.1, 0.15) is 18.4 Å². The molecule has 0 aromatic heterocycles. The molecule has 1 aliphatic carbocycles. The van der Waals surface area contributed by atoms with Crippen molar-refractivity contribution in [2.75, 3.05) is 25.5 Å².